The molecule has 0 atom stereocenters. The van der Waals surface area contributed by atoms with E-state index in [0.717, 1.165) is 21.5 Å². The van der Waals surface area contributed by atoms with Crippen molar-refractivity contribution in [2.24, 2.45) is 0 Å². The van der Waals surface area contributed by atoms with E-state index in [4.69, 9.17) is 4.42 Å². The monoisotopic (exact) mass is 427 g/mol. The predicted octanol–water partition coefficient (Wildman–Crippen LogP) is 2.69. The van der Waals surface area contributed by atoms with Crippen LogP contribution in [-0.2, 0) is 0 Å². The number of hydrogen-bond acceptors (Lipinski definition) is 6. The molecule has 0 aliphatic heterocycles. The van der Waals surface area contributed by atoms with Crippen molar-refractivity contribution in [1.29, 1.82) is 0 Å². The second kappa shape index (κ2) is 7.31. The maximum absolute atomic E-state index is 12.9. The van der Waals surface area contributed by atoms with Crippen LogP contribution in [0.2, 0.25) is 0 Å². The number of fused-ring (bicyclic) bond motifs is 2. The number of nitrogens with one attached hydrogen (secondary N) is 1. The van der Waals surface area contributed by atoms with Crippen LogP contribution in [0, 0.1) is 13.8 Å². The Morgan fingerprint density at radius 2 is 1.84 bits per heavy atom. The fourth-order valence-electron chi connectivity index (χ4n) is 3.43. The van der Waals surface area contributed by atoms with Crippen LogP contribution in [0.3, 0.4) is 0 Å². The lowest BCUT2D eigenvalue weighted by Gasteiger charge is -2.09. The third-order valence-corrected chi connectivity index (χ3v) is 5.33. The number of hydrogen-bond donors (Lipinski definition) is 1. The zero-order valence-electron chi connectivity index (χ0n) is 17.2. The van der Waals surface area contributed by atoms with E-state index in [1.54, 1.807) is 28.9 Å². The summed E-state index contributed by atoms with van der Waals surface area (Å²) in [4.78, 5) is 42.1. The van der Waals surface area contributed by atoms with Gasteiger partial charge >= 0.3 is 5.63 Å². The van der Waals surface area contributed by atoms with Crippen molar-refractivity contribution in [2.45, 2.75) is 13.8 Å². The number of para-hydroxylation sites is 1. The topological polar surface area (TPSA) is 112 Å². The van der Waals surface area contributed by atoms with Crippen molar-refractivity contribution in [3.05, 3.63) is 98.5 Å². The standard InChI is InChI=1S/C23H17N5O4/c1-13-7-8-16(9-14(13)2)28-20-18(11-25-28)22(30)27(12-24-20)26-21(29)17-10-15-5-3-4-6-19(15)32-23(17)31/h3-12H,1-2H3,(H,26,29). The molecule has 158 valence electrons. The van der Waals surface area contributed by atoms with E-state index in [2.05, 4.69) is 15.5 Å². The molecule has 32 heavy (non-hydrogen) atoms. The van der Waals surface area contributed by atoms with Crippen LogP contribution in [-0.4, -0.2) is 25.3 Å². The van der Waals surface area contributed by atoms with Crippen LogP contribution in [0.25, 0.3) is 27.7 Å². The lowest BCUT2D eigenvalue weighted by Crippen LogP contribution is -2.35. The Hall–Kier alpha value is -4.53. The van der Waals surface area contributed by atoms with Gasteiger partial charge in [-0.15, -0.1) is 0 Å². The molecule has 1 N–H and O–H groups in total. The van der Waals surface area contributed by atoms with E-state index < -0.39 is 17.1 Å². The number of nitrogens with zero attached hydrogens (tertiary/aromatic N) is 4. The summed E-state index contributed by atoms with van der Waals surface area (Å²) >= 11 is 0. The van der Waals surface area contributed by atoms with Crippen LogP contribution >= 0.6 is 0 Å². The molecule has 3 aromatic heterocycles. The molecule has 2 aromatic carbocycles. The SMILES string of the molecule is Cc1ccc(-n2ncc3c(=O)n(NC(=O)c4cc5ccccc5oc4=O)cnc32)cc1C. The fourth-order valence-corrected chi connectivity index (χ4v) is 3.43. The first-order chi connectivity index (χ1) is 15.4. The molecule has 0 aliphatic rings. The van der Waals surface area contributed by atoms with Gasteiger partial charge in [0.2, 0.25) is 0 Å². The van der Waals surface area contributed by atoms with Crippen molar-refractivity contribution in [3.63, 3.8) is 0 Å². The minimum Gasteiger partial charge on any atom is -0.422 e. The van der Waals surface area contributed by atoms with Gasteiger partial charge in [0.05, 0.1) is 11.9 Å². The number of benzene rings is 2. The average Bonchev–Trinajstić information content (AvgIpc) is 3.22. The van der Waals surface area contributed by atoms with Gasteiger partial charge in [0.15, 0.2) is 5.65 Å². The Balaban J connectivity index is 1.52. The van der Waals surface area contributed by atoms with Gasteiger partial charge in [-0.05, 0) is 49.2 Å². The highest BCUT2D eigenvalue weighted by Crippen LogP contribution is 2.17. The van der Waals surface area contributed by atoms with E-state index in [1.165, 1.54) is 18.6 Å². The first kappa shape index (κ1) is 19.4. The molecule has 0 saturated carbocycles. The first-order valence-electron chi connectivity index (χ1n) is 9.79. The smallest absolute Gasteiger partial charge is 0.349 e. The highest BCUT2D eigenvalue weighted by atomic mass is 16.4. The van der Waals surface area contributed by atoms with Gasteiger partial charge in [-0.3, -0.25) is 15.0 Å². The number of carbonyl (C=O) groups is 1. The third kappa shape index (κ3) is 3.16. The molecule has 3 heterocycles. The summed E-state index contributed by atoms with van der Waals surface area (Å²) in [5.41, 5.74) is 4.57. The fraction of sp³-hybridized carbons (Fsp3) is 0.0870. The summed E-state index contributed by atoms with van der Waals surface area (Å²) in [5.74, 6) is -0.783. The van der Waals surface area contributed by atoms with Gasteiger partial charge < -0.3 is 4.42 Å². The van der Waals surface area contributed by atoms with Gasteiger partial charge in [-0.2, -0.15) is 5.10 Å². The van der Waals surface area contributed by atoms with Crippen LogP contribution < -0.4 is 16.6 Å². The number of aryl methyl sites for hydroxylation is 2. The number of carbonyl (C=O) groups excluding carboxylic acids is 1. The van der Waals surface area contributed by atoms with E-state index in [-0.39, 0.29) is 10.9 Å². The largest absolute Gasteiger partial charge is 0.422 e. The minimum absolute atomic E-state index is 0.219. The Kier molecular flexibility index (Phi) is 4.44. The second-order valence-electron chi connectivity index (χ2n) is 7.41. The molecule has 0 bridgehead atoms. The number of aromatic nitrogens is 4. The lowest BCUT2D eigenvalue weighted by atomic mass is 10.1. The van der Waals surface area contributed by atoms with Gasteiger partial charge in [0, 0.05) is 5.39 Å². The maximum atomic E-state index is 12.9. The van der Waals surface area contributed by atoms with E-state index >= 15 is 0 Å². The lowest BCUT2D eigenvalue weighted by molar-refractivity contribution is 0.100. The summed E-state index contributed by atoms with van der Waals surface area (Å²) in [7, 11) is 0. The Morgan fingerprint density at radius 1 is 1.03 bits per heavy atom. The Morgan fingerprint density at radius 3 is 2.66 bits per heavy atom. The maximum Gasteiger partial charge on any atom is 0.349 e. The van der Waals surface area contributed by atoms with Gasteiger partial charge in [-0.25, -0.2) is 19.1 Å². The van der Waals surface area contributed by atoms with E-state index in [0.29, 0.717) is 16.6 Å². The molecule has 5 rings (SSSR count). The molecule has 5 aromatic rings. The van der Waals surface area contributed by atoms with Gasteiger partial charge in [0.25, 0.3) is 11.5 Å². The molecule has 9 nitrogen and oxygen atoms in total. The third-order valence-electron chi connectivity index (χ3n) is 5.33. The minimum atomic E-state index is -0.800. The highest BCUT2D eigenvalue weighted by Gasteiger charge is 2.17. The Bertz CT molecular complexity index is 1640. The van der Waals surface area contributed by atoms with E-state index in [9.17, 15) is 14.4 Å². The second-order valence-corrected chi connectivity index (χ2v) is 7.41. The molecule has 0 spiro atoms. The van der Waals surface area contributed by atoms with Gasteiger partial charge in [-0.1, -0.05) is 24.3 Å². The molecular formula is C23H17N5O4. The van der Waals surface area contributed by atoms with Crippen LogP contribution in [0.5, 0.6) is 0 Å². The van der Waals surface area contributed by atoms with Crippen LogP contribution in [0.15, 0.2) is 75.1 Å². The highest BCUT2D eigenvalue weighted by molar-refractivity contribution is 6.01. The zero-order valence-corrected chi connectivity index (χ0v) is 17.2. The van der Waals surface area contributed by atoms with Crippen molar-refractivity contribution >= 4 is 27.9 Å². The van der Waals surface area contributed by atoms with Crippen molar-refractivity contribution < 1.29 is 9.21 Å². The molecule has 0 radical (unpaired) electrons. The summed E-state index contributed by atoms with van der Waals surface area (Å²) in [5, 5.41) is 5.10. The molecule has 0 unspecified atom stereocenters. The predicted molar refractivity (Wildman–Crippen MR) is 119 cm³/mol. The normalized spacial score (nSPS) is 11.2. The summed E-state index contributed by atoms with van der Waals surface area (Å²) in [6.07, 6.45) is 2.58. The van der Waals surface area contributed by atoms with Crippen molar-refractivity contribution in [1.82, 2.24) is 19.4 Å². The molecule has 0 aliphatic carbocycles. The molecule has 9 heteroatoms. The van der Waals surface area contributed by atoms with Crippen LogP contribution in [0.4, 0.5) is 0 Å². The summed E-state index contributed by atoms with van der Waals surface area (Å²) in [6.45, 7) is 4.00. The first-order valence-corrected chi connectivity index (χ1v) is 9.79. The summed E-state index contributed by atoms with van der Waals surface area (Å²) < 4.78 is 7.67. The Labute approximate surface area is 180 Å². The van der Waals surface area contributed by atoms with Gasteiger partial charge in [0.1, 0.15) is 22.9 Å². The molecular weight excluding hydrogens is 410 g/mol. The van der Waals surface area contributed by atoms with Crippen LogP contribution in [0.1, 0.15) is 21.5 Å². The van der Waals surface area contributed by atoms with E-state index in [1.807, 2.05) is 32.0 Å². The number of rotatable bonds is 3. The number of amides is 1. The van der Waals surface area contributed by atoms with Crippen molar-refractivity contribution in [3.8, 4) is 5.69 Å². The average molecular weight is 427 g/mol. The summed E-state index contributed by atoms with van der Waals surface area (Å²) in [6, 6.07) is 14.1. The molecule has 0 fully saturated rings. The molecule has 0 saturated heterocycles. The zero-order chi connectivity index (χ0) is 22.4. The van der Waals surface area contributed by atoms with Crippen molar-refractivity contribution in [2.75, 3.05) is 5.43 Å². The quantitative estimate of drug-likeness (QED) is 0.443. The molecule has 1 amide bonds.